The van der Waals surface area contributed by atoms with E-state index in [0.29, 0.717) is 26.2 Å². The van der Waals surface area contributed by atoms with Crippen LogP contribution in [0, 0.1) is 5.92 Å². The van der Waals surface area contributed by atoms with Crippen molar-refractivity contribution in [3.05, 3.63) is 34.2 Å². The number of amides is 2. The van der Waals surface area contributed by atoms with Crippen LogP contribution in [-0.2, 0) is 4.79 Å². The van der Waals surface area contributed by atoms with Gasteiger partial charge in [-0.15, -0.1) is 0 Å². The molecule has 1 aliphatic heterocycles. The molecule has 1 aliphatic rings. The lowest BCUT2D eigenvalue weighted by molar-refractivity contribution is -0.126. The summed E-state index contributed by atoms with van der Waals surface area (Å²) in [6.07, 6.45) is 1.52. The van der Waals surface area contributed by atoms with Crippen LogP contribution in [0.2, 0.25) is 0 Å². The lowest BCUT2D eigenvalue weighted by Gasteiger charge is -2.31. The number of nitrogens with two attached hydrogens (primary N) is 1. The summed E-state index contributed by atoms with van der Waals surface area (Å²) in [5.74, 6) is -0.534. The average Bonchev–Trinajstić information content (AvgIpc) is 2.52. The third-order valence-corrected chi connectivity index (χ3v) is 3.52. The number of hydrogen-bond acceptors (Lipinski definition) is 4. The normalized spacial score (nSPS) is 18.3. The Morgan fingerprint density at radius 1 is 1.43 bits per heavy atom. The quantitative estimate of drug-likeness (QED) is 0.682. The molecule has 21 heavy (non-hydrogen) atoms. The Morgan fingerprint density at radius 3 is 2.95 bits per heavy atom. The summed E-state index contributed by atoms with van der Waals surface area (Å²) in [6, 6.07) is 4.47. The van der Waals surface area contributed by atoms with E-state index in [9.17, 15) is 14.4 Å². The Morgan fingerprint density at radius 2 is 2.24 bits per heavy atom. The van der Waals surface area contributed by atoms with Crippen molar-refractivity contribution in [2.75, 3.05) is 26.2 Å². The maximum Gasteiger partial charge on any atom is 0.270 e. The van der Waals surface area contributed by atoms with Gasteiger partial charge in [0.2, 0.25) is 11.5 Å². The first-order chi connectivity index (χ1) is 10.1. The number of nitrogens with one attached hydrogen (secondary N) is 2. The molecule has 1 unspecified atom stereocenters. The van der Waals surface area contributed by atoms with Crippen LogP contribution in [0.15, 0.2) is 23.0 Å². The van der Waals surface area contributed by atoms with Crippen LogP contribution >= 0.6 is 0 Å². The van der Waals surface area contributed by atoms with Gasteiger partial charge in [0.1, 0.15) is 5.69 Å². The van der Waals surface area contributed by atoms with E-state index < -0.39 is 0 Å². The number of carbonyl (C=O) groups is 2. The average molecular weight is 292 g/mol. The van der Waals surface area contributed by atoms with Gasteiger partial charge in [-0.1, -0.05) is 6.07 Å². The predicted molar refractivity (Wildman–Crippen MR) is 77.8 cm³/mol. The number of H-pyrrole nitrogens is 1. The molecule has 114 valence electrons. The largest absolute Gasteiger partial charge is 0.355 e. The molecule has 2 amide bonds. The van der Waals surface area contributed by atoms with Gasteiger partial charge < -0.3 is 20.9 Å². The van der Waals surface area contributed by atoms with Crippen LogP contribution in [0.3, 0.4) is 0 Å². The molecular formula is C14H20N4O3. The molecule has 0 spiro atoms. The first-order valence-corrected chi connectivity index (χ1v) is 7.08. The molecule has 1 saturated heterocycles. The maximum atomic E-state index is 12.3. The van der Waals surface area contributed by atoms with E-state index >= 15 is 0 Å². The SMILES string of the molecule is NCCNC(=O)C1CCCN(C(=O)c2cccc(=O)[nH]2)C1. The Hall–Kier alpha value is -2.15. The molecule has 2 heterocycles. The summed E-state index contributed by atoms with van der Waals surface area (Å²) in [5.41, 5.74) is 5.30. The van der Waals surface area contributed by atoms with Gasteiger partial charge in [0.05, 0.1) is 5.92 Å². The van der Waals surface area contributed by atoms with Crippen molar-refractivity contribution in [1.82, 2.24) is 15.2 Å². The van der Waals surface area contributed by atoms with Crippen molar-refractivity contribution >= 4 is 11.8 Å². The Labute approximate surface area is 122 Å². The predicted octanol–water partition coefficient (Wildman–Crippen LogP) is -0.698. The fourth-order valence-corrected chi connectivity index (χ4v) is 2.46. The van der Waals surface area contributed by atoms with E-state index in [2.05, 4.69) is 10.3 Å². The van der Waals surface area contributed by atoms with E-state index in [1.165, 1.54) is 6.07 Å². The van der Waals surface area contributed by atoms with Gasteiger partial charge in [0.25, 0.3) is 5.91 Å². The second-order valence-corrected chi connectivity index (χ2v) is 5.10. The third-order valence-electron chi connectivity index (χ3n) is 3.52. The van der Waals surface area contributed by atoms with E-state index in [1.807, 2.05) is 0 Å². The summed E-state index contributed by atoms with van der Waals surface area (Å²) >= 11 is 0. The highest BCUT2D eigenvalue weighted by molar-refractivity contribution is 5.92. The molecule has 7 heteroatoms. The minimum Gasteiger partial charge on any atom is -0.355 e. The first-order valence-electron chi connectivity index (χ1n) is 7.08. The molecule has 7 nitrogen and oxygen atoms in total. The number of likely N-dealkylation sites (tertiary alicyclic amines) is 1. The maximum absolute atomic E-state index is 12.3. The number of aromatic nitrogens is 1. The van der Waals surface area contributed by atoms with Crippen LogP contribution in [-0.4, -0.2) is 47.9 Å². The summed E-state index contributed by atoms with van der Waals surface area (Å²) in [6.45, 7) is 1.80. The molecule has 0 aliphatic carbocycles. The van der Waals surface area contributed by atoms with E-state index in [4.69, 9.17) is 5.73 Å². The molecule has 2 rings (SSSR count). The van der Waals surface area contributed by atoms with Crippen molar-refractivity contribution in [2.45, 2.75) is 12.8 Å². The zero-order valence-corrected chi connectivity index (χ0v) is 11.8. The molecule has 1 aromatic rings. The van der Waals surface area contributed by atoms with Crippen molar-refractivity contribution in [3.8, 4) is 0 Å². The van der Waals surface area contributed by atoms with Gasteiger partial charge in [-0.25, -0.2) is 0 Å². The molecular weight excluding hydrogens is 272 g/mol. The van der Waals surface area contributed by atoms with Crippen molar-refractivity contribution in [2.24, 2.45) is 11.7 Å². The summed E-state index contributed by atoms with van der Waals surface area (Å²) in [5, 5.41) is 2.75. The number of aromatic amines is 1. The van der Waals surface area contributed by atoms with Crippen LogP contribution in [0.5, 0.6) is 0 Å². The molecule has 1 fully saturated rings. The smallest absolute Gasteiger partial charge is 0.270 e. The van der Waals surface area contributed by atoms with Crippen molar-refractivity contribution in [1.29, 1.82) is 0 Å². The number of piperidine rings is 1. The van der Waals surface area contributed by atoms with Gasteiger partial charge in [-0.05, 0) is 18.9 Å². The molecule has 0 aromatic carbocycles. The minimum absolute atomic E-state index is 0.0699. The second kappa shape index (κ2) is 7.03. The minimum atomic E-state index is -0.310. The molecule has 0 bridgehead atoms. The van der Waals surface area contributed by atoms with Gasteiger partial charge in [0, 0.05) is 32.2 Å². The highest BCUT2D eigenvalue weighted by atomic mass is 16.2. The molecule has 1 aromatic heterocycles. The number of nitrogens with zero attached hydrogens (tertiary/aromatic N) is 1. The molecule has 0 saturated carbocycles. The summed E-state index contributed by atoms with van der Waals surface area (Å²) in [7, 11) is 0. The highest BCUT2D eigenvalue weighted by Crippen LogP contribution is 2.18. The molecule has 0 radical (unpaired) electrons. The molecule has 1 atom stereocenters. The molecule has 4 N–H and O–H groups in total. The number of hydrogen-bond donors (Lipinski definition) is 3. The fraction of sp³-hybridized carbons (Fsp3) is 0.500. The van der Waals surface area contributed by atoms with Crippen LogP contribution in [0.4, 0.5) is 0 Å². The highest BCUT2D eigenvalue weighted by Gasteiger charge is 2.28. The number of carbonyl (C=O) groups excluding carboxylic acids is 2. The summed E-state index contributed by atoms with van der Waals surface area (Å²) in [4.78, 5) is 39.7. The van der Waals surface area contributed by atoms with Gasteiger partial charge >= 0.3 is 0 Å². The van der Waals surface area contributed by atoms with Crippen LogP contribution in [0.25, 0.3) is 0 Å². The van der Waals surface area contributed by atoms with Crippen LogP contribution in [0.1, 0.15) is 23.3 Å². The topological polar surface area (TPSA) is 108 Å². The standard InChI is InChI=1S/C14H20N4O3/c15-6-7-16-13(20)10-3-2-8-18(9-10)14(21)11-4-1-5-12(19)17-11/h1,4-5,10H,2-3,6-9,15H2,(H,16,20)(H,17,19). The van der Waals surface area contributed by atoms with E-state index in [1.54, 1.807) is 17.0 Å². The second-order valence-electron chi connectivity index (χ2n) is 5.10. The van der Waals surface area contributed by atoms with Gasteiger partial charge in [0.15, 0.2) is 0 Å². The third kappa shape index (κ3) is 3.91. The number of rotatable bonds is 4. The fourth-order valence-electron chi connectivity index (χ4n) is 2.46. The zero-order valence-electron chi connectivity index (χ0n) is 11.8. The van der Waals surface area contributed by atoms with Gasteiger partial charge in [-0.2, -0.15) is 0 Å². The van der Waals surface area contributed by atoms with E-state index in [0.717, 1.165) is 12.8 Å². The van der Waals surface area contributed by atoms with Crippen molar-refractivity contribution < 1.29 is 9.59 Å². The monoisotopic (exact) mass is 292 g/mol. The van der Waals surface area contributed by atoms with Crippen molar-refractivity contribution in [3.63, 3.8) is 0 Å². The summed E-state index contributed by atoms with van der Waals surface area (Å²) < 4.78 is 0. The lowest BCUT2D eigenvalue weighted by atomic mass is 9.97. The zero-order chi connectivity index (χ0) is 15.2. The van der Waals surface area contributed by atoms with Gasteiger partial charge in [-0.3, -0.25) is 14.4 Å². The lowest BCUT2D eigenvalue weighted by Crippen LogP contribution is -2.46. The number of pyridine rings is 1. The first kappa shape index (κ1) is 15.2. The Kier molecular flexibility index (Phi) is 5.10. The van der Waals surface area contributed by atoms with E-state index in [-0.39, 0.29) is 29.0 Å². The Bertz CT molecular complexity index is 569. The van der Waals surface area contributed by atoms with Crippen LogP contribution < -0.4 is 16.6 Å². The Balaban J connectivity index is 2.02.